The Kier molecular flexibility index (Phi) is 3.15. The van der Waals surface area contributed by atoms with Crippen LogP contribution in [0.3, 0.4) is 0 Å². The Morgan fingerprint density at radius 2 is 1.93 bits per heavy atom. The quantitative estimate of drug-likeness (QED) is 0.612. The van der Waals surface area contributed by atoms with Crippen molar-refractivity contribution in [3.63, 3.8) is 0 Å². The molecule has 0 radical (unpaired) electrons. The third-order valence-corrected chi connectivity index (χ3v) is 2.83. The molecule has 1 saturated heterocycles. The molecule has 0 amide bonds. The molecule has 5 heteroatoms. The van der Waals surface area contributed by atoms with Gasteiger partial charge in [0.15, 0.2) is 6.29 Å². The first kappa shape index (κ1) is 12.9. The topological polar surface area (TPSA) is 79.2 Å². The fourth-order valence-corrected chi connectivity index (χ4v) is 1.15. The minimum Gasteiger partial charge on any atom is -0.395 e. The first-order chi connectivity index (χ1) is 6.65. The van der Waals surface area contributed by atoms with E-state index in [0.717, 1.165) is 0 Å². The number of hydrogen-bond donors (Lipinski definition) is 3. The molecule has 0 aromatic heterocycles. The smallest absolute Gasteiger partial charge is 0.290 e. The molecule has 0 saturated carbocycles. The summed E-state index contributed by atoms with van der Waals surface area (Å²) in [5.41, 5.74) is -1.57. The number of ether oxygens (including phenoxy) is 2. The number of aliphatic hydroxyl groups excluding tert-OH is 2. The molecule has 0 aliphatic carbocycles. The first-order valence-corrected chi connectivity index (χ1v) is 4.98. The maximum atomic E-state index is 10.0. The Bertz CT molecular complexity index is 238. The Morgan fingerprint density at radius 1 is 1.40 bits per heavy atom. The van der Waals surface area contributed by atoms with E-state index in [1.807, 2.05) is 0 Å². The summed E-state index contributed by atoms with van der Waals surface area (Å²) in [4.78, 5) is 0. The predicted molar refractivity (Wildman–Crippen MR) is 52.6 cm³/mol. The van der Waals surface area contributed by atoms with Crippen LogP contribution in [0.5, 0.6) is 0 Å². The van der Waals surface area contributed by atoms with Crippen molar-refractivity contribution in [2.24, 2.45) is 10.8 Å². The maximum Gasteiger partial charge on any atom is 0.290 e. The Morgan fingerprint density at radius 3 is 2.33 bits per heavy atom. The lowest BCUT2D eigenvalue weighted by molar-refractivity contribution is -0.486. The molecule has 2 atom stereocenters. The Labute approximate surface area is 89.6 Å². The highest BCUT2D eigenvalue weighted by Gasteiger charge is 2.54. The van der Waals surface area contributed by atoms with Crippen molar-refractivity contribution in [3.05, 3.63) is 0 Å². The molecule has 90 valence electrons. The van der Waals surface area contributed by atoms with E-state index in [4.69, 9.17) is 14.6 Å². The normalized spacial score (nSPS) is 36.6. The van der Waals surface area contributed by atoms with Gasteiger partial charge in [-0.1, -0.05) is 13.8 Å². The zero-order valence-corrected chi connectivity index (χ0v) is 9.65. The molecule has 5 nitrogen and oxygen atoms in total. The van der Waals surface area contributed by atoms with Crippen molar-refractivity contribution in [3.8, 4) is 0 Å². The van der Waals surface area contributed by atoms with Gasteiger partial charge in [-0.25, -0.2) is 0 Å². The second-order valence-corrected chi connectivity index (χ2v) is 5.37. The molecule has 0 aromatic rings. The van der Waals surface area contributed by atoms with Crippen molar-refractivity contribution in [2.75, 3.05) is 13.2 Å². The van der Waals surface area contributed by atoms with E-state index < -0.39 is 23.1 Å². The van der Waals surface area contributed by atoms with Gasteiger partial charge in [-0.05, 0) is 13.8 Å². The maximum absolute atomic E-state index is 10.0. The number of hydrogen-bond acceptors (Lipinski definition) is 5. The van der Waals surface area contributed by atoms with Crippen molar-refractivity contribution in [1.29, 1.82) is 0 Å². The van der Waals surface area contributed by atoms with Crippen LogP contribution >= 0.6 is 0 Å². The summed E-state index contributed by atoms with van der Waals surface area (Å²) in [6, 6.07) is 0. The lowest BCUT2D eigenvalue weighted by Gasteiger charge is -2.49. The summed E-state index contributed by atoms with van der Waals surface area (Å²) < 4.78 is 10.3. The summed E-state index contributed by atoms with van der Waals surface area (Å²) in [5.74, 6) is -1.95. The van der Waals surface area contributed by atoms with Gasteiger partial charge in [-0.2, -0.15) is 0 Å². The molecule has 1 aliphatic heterocycles. The molecule has 0 spiro atoms. The molecule has 3 N–H and O–H groups in total. The van der Waals surface area contributed by atoms with Gasteiger partial charge in [0.2, 0.25) is 0 Å². The fourth-order valence-electron chi connectivity index (χ4n) is 1.15. The highest BCUT2D eigenvalue weighted by molar-refractivity contribution is 4.85. The van der Waals surface area contributed by atoms with E-state index in [1.165, 1.54) is 0 Å². The summed E-state index contributed by atoms with van der Waals surface area (Å²) in [5, 5.41) is 28.9. The van der Waals surface area contributed by atoms with E-state index >= 15 is 0 Å². The highest BCUT2D eigenvalue weighted by atomic mass is 16.9. The van der Waals surface area contributed by atoms with Crippen LogP contribution in [0.1, 0.15) is 27.7 Å². The van der Waals surface area contributed by atoms with Crippen molar-refractivity contribution in [2.45, 2.75) is 40.0 Å². The average molecular weight is 220 g/mol. The first-order valence-electron chi connectivity index (χ1n) is 4.98. The van der Waals surface area contributed by atoms with Gasteiger partial charge in [0, 0.05) is 5.41 Å². The molecule has 1 heterocycles. The highest BCUT2D eigenvalue weighted by Crippen LogP contribution is 2.41. The lowest BCUT2D eigenvalue weighted by atomic mass is 9.87. The minimum absolute atomic E-state index is 0.161. The lowest BCUT2D eigenvalue weighted by Crippen LogP contribution is -2.60. The van der Waals surface area contributed by atoms with Crippen LogP contribution in [0, 0.1) is 10.8 Å². The van der Waals surface area contributed by atoms with Crippen molar-refractivity contribution < 1.29 is 24.8 Å². The molecule has 0 bridgehead atoms. The molecular formula is C10H20O5. The second kappa shape index (κ2) is 3.68. The Balaban J connectivity index is 2.84. The molecule has 2 unspecified atom stereocenters. The molecule has 1 rings (SSSR count). The van der Waals surface area contributed by atoms with E-state index in [9.17, 15) is 10.2 Å². The fraction of sp³-hybridized carbons (Fsp3) is 1.00. The largest absolute Gasteiger partial charge is 0.395 e. The van der Waals surface area contributed by atoms with Gasteiger partial charge in [0.05, 0.1) is 18.6 Å². The molecular weight excluding hydrogens is 200 g/mol. The van der Waals surface area contributed by atoms with E-state index in [1.54, 1.807) is 27.7 Å². The van der Waals surface area contributed by atoms with Crippen LogP contribution in [0.15, 0.2) is 0 Å². The number of rotatable bonds is 2. The van der Waals surface area contributed by atoms with Crippen LogP contribution in [0.2, 0.25) is 0 Å². The van der Waals surface area contributed by atoms with Crippen LogP contribution in [-0.4, -0.2) is 40.8 Å². The summed E-state index contributed by atoms with van der Waals surface area (Å²) >= 11 is 0. The molecule has 1 fully saturated rings. The zero-order valence-electron chi connectivity index (χ0n) is 9.65. The monoisotopic (exact) mass is 220 g/mol. The third kappa shape index (κ3) is 2.16. The van der Waals surface area contributed by atoms with Gasteiger partial charge in [0.1, 0.15) is 0 Å². The number of aliphatic hydroxyl groups is 3. The standard InChI is InChI=1S/C10H20O5/c1-8(2)6-14-10(13,15-7(8)12)9(3,4)5-11/h7,11-13H,5-6H2,1-4H3. The van der Waals surface area contributed by atoms with Crippen molar-refractivity contribution in [1.82, 2.24) is 0 Å². The zero-order chi connectivity index (χ0) is 11.9. The van der Waals surface area contributed by atoms with Gasteiger partial charge < -0.3 is 20.1 Å². The van der Waals surface area contributed by atoms with Crippen LogP contribution in [-0.2, 0) is 9.47 Å². The van der Waals surface area contributed by atoms with Gasteiger partial charge in [-0.3, -0.25) is 4.74 Å². The molecule has 1 aliphatic rings. The van der Waals surface area contributed by atoms with Crippen LogP contribution < -0.4 is 0 Å². The summed E-state index contributed by atoms with van der Waals surface area (Å²) in [6.45, 7) is 6.58. The van der Waals surface area contributed by atoms with Gasteiger partial charge in [-0.15, -0.1) is 0 Å². The second-order valence-electron chi connectivity index (χ2n) is 5.37. The van der Waals surface area contributed by atoms with Crippen LogP contribution in [0.4, 0.5) is 0 Å². The Hall–Kier alpha value is -0.200. The average Bonchev–Trinajstić information content (AvgIpc) is 2.13. The van der Waals surface area contributed by atoms with Crippen LogP contribution in [0.25, 0.3) is 0 Å². The van der Waals surface area contributed by atoms with E-state index in [0.29, 0.717) is 0 Å². The van der Waals surface area contributed by atoms with E-state index in [2.05, 4.69) is 0 Å². The van der Waals surface area contributed by atoms with Gasteiger partial charge in [0.25, 0.3) is 5.97 Å². The van der Waals surface area contributed by atoms with Crippen molar-refractivity contribution >= 4 is 0 Å². The van der Waals surface area contributed by atoms with E-state index in [-0.39, 0.29) is 13.2 Å². The SMILES string of the molecule is CC1(C)COC(O)(C(C)(C)CO)OC1O. The summed E-state index contributed by atoms with van der Waals surface area (Å²) in [6.07, 6.45) is -1.12. The molecule has 0 aromatic carbocycles. The van der Waals surface area contributed by atoms with Gasteiger partial charge >= 0.3 is 0 Å². The summed E-state index contributed by atoms with van der Waals surface area (Å²) in [7, 11) is 0. The molecule has 15 heavy (non-hydrogen) atoms. The third-order valence-electron chi connectivity index (χ3n) is 2.83. The predicted octanol–water partition coefficient (Wildman–Crippen LogP) is 0.0424. The minimum atomic E-state index is -1.95.